The van der Waals surface area contributed by atoms with Crippen LogP contribution >= 0.6 is 15.6 Å². The number of carbonyl (C=O) groups is 4. The highest BCUT2D eigenvalue weighted by Gasteiger charge is 2.30. The van der Waals surface area contributed by atoms with Crippen LogP contribution < -0.4 is 0 Å². The second kappa shape index (κ2) is 76.1. The van der Waals surface area contributed by atoms with E-state index in [2.05, 4.69) is 174 Å². The maximum atomic E-state index is 13.1. The Morgan fingerprint density at radius 1 is 0.279 bits per heavy atom. The number of unbranched alkanes of at least 4 members (excludes halogenated alkanes) is 24. The molecule has 0 radical (unpaired) electrons. The van der Waals surface area contributed by atoms with Gasteiger partial charge in [-0.15, -0.1) is 0 Å². The van der Waals surface area contributed by atoms with Crippen LogP contribution in [0.5, 0.6) is 0 Å². The van der Waals surface area contributed by atoms with Crippen LogP contribution in [-0.4, -0.2) is 96.7 Å². The minimum atomic E-state index is -4.99. The molecule has 3 N–H and O–H groups in total. The van der Waals surface area contributed by atoms with Gasteiger partial charge in [-0.1, -0.05) is 270 Å². The van der Waals surface area contributed by atoms with Crippen LogP contribution in [0.25, 0.3) is 0 Å². The molecule has 0 amide bonds. The quantitative estimate of drug-likeness (QED) is 0.0169. The predicted molar refractivity (Wildman–Crippen MR) is 427 cm³/mol. The summed E-state index contributed by atoms with van der Waals surface area (Å²) < 4.78 is 68.6. The van der Waals surface area contributed by atoms with E-state index in [0.717, 1.165) is 212 Å². The number of allylic oxidation sites excluding steroid dienone is 24. The monoisotopic (exact) mass is 1500 g/mol. The average molecular weight is 1500 g/mol. The first-order chi connectivity index (χ1) is 50.7. The Morgan fingerprint density at radius 3 is 0.769 bits per heavy atom. The van der Waals surface area contributed by atoms with Crippen LogP contribution in [0.4, 0.5) is 0 Å². The van der Waals surface area contributed by atoms with Crippen molar-refractivity contribution in [2.45, 2.75) is 329 Å². The van der Waals surface area contributed by atoms with Gasteiger partial charge in [-0.05, 0) is 161 Å². The number of aliphatic hydroxyl groups is 1. The third-order valence-corrected chi connectivity index (χ3v) is 18.2. The van der Waals surface area contributed by atoms with Gasteiger partial charge in [0, 0.05) is 25.7 Å². The largest absolute Gasteiger partial charge is 0.472 e. The molecule has 5 unspecified atom stereocenters. The molecule has 0 aromatic rings. The van der Waals surface area contributed by atoms with Crippen molar-refractivity contribution in [3.05, 3.63) is 146 Å². The molecular weight excluding hydrogens is 1350 g/mol. The molecule has 0 aliphatic heterocycles. The molecule has 0 aliphatic rings. The Kier molecular flexibility index (Phi) is 72.4. The lowest BCUT2D eigenvalue weighted by atomic mass is 10.1. The van der Waals surface area contributed by atoms with Crippen LogP contribution in [0.2, 0.25) is 0 Å². The van der Waals surface area contributed by atoms with E-state index in [1.807, 2.05) is 0 Å². The SMILES string of the molecule is CC/C=C\C/C=C\C/C=C\C/C=C\CCCCCCCCC(=O)OCC(COP(=O)(O)OCC(O)COP(=O)(O)OCC(COC(=O)CCCCCCC/C=C\C/C=C\C/C=C\CC)OC(=O)CCCCCCC/C=C\C/C=C\C/C=C\CC)OC(=O)CCCCCCC/C=C\C/C=C\CCCCC. The summed E-state index contributed by atoms with van der Waals surface area (Å²) in [5, 5.41) is 10.6. The maximum absolute atomic E-state index is 13.1. The maximum Gasteiger partial charge on any atom is 0.472 e. The van der Waals surface area contributed by atoms with E-state index in [0.29, 0.717) is 25.7 Å². The highest BCUT2D eigenvalue weighted by Crippen LogP contribution is 2.45. The van der Waals surface area contributed by atoms with Crippen molar-refractivity contribution in [1.29, 1.82) is 0 Å². The van der Waals surface area contributed by atoms with E-state index in [1.54, 1.807) is 0 Å². The Labute approximate surface area is 630 Å². The van der Waals surface area contributed by atoms with Crippen molar-refractivity contribution < 1.29 is 80.2 Å². The molecule has 17 nitrogen and oxygen atoms in total. The number of phosphoric ester groups is 2. The summed E-state index contributed by atoms with van der Waals surface area (Å²) in [6.45, 7) is 4.45. The molecule has 0 fully saturated rings. The molecule has 5 atom stereocenters. The molecule has 0 aromatic heterocycles. The fourth-order valence-electron chi connectivity index (χ4n) is 10.3. The third-order valence-electron chi connectivity index (χ3n) is 16.3. The summed E-state index contributed by atoms with van der Waals surface area (Å²) in [7, 11) is -9.98. The number of carbonyl (C=O) groups excluding carboxylic acids is 4. The van der Waals surface area contributed by atoms with Crippen LogP contribution in [-0.2, 0) is 65.4 Å². The Bertz CT molecular complexity index is 2540. The smallest absolute Gasteiger partial charge is 0.462 e. The van der Waals surface area contributed by atoms with Gasteiger partial charge < -0.3 is 33.8 Å². The van der Waals surface area contributed by atoms with E-state index < -0.39 is 97.5 Å². The van der Waals surface area contributed by atoms with Gasteiger partial charge >= 0.3 is 39.5 Å². The number of rotatable bonds is 74. The lowest BCUT2D eigenvalue weighted by Crippen LogP contribution is -2.30. The molecule has 0 aromatic carbocycles. The summed E-state index contributed by atoms with van der Waals surface area (Å²) in [4.78, 5) is 73.1. The topological polar surface area (TPSA) is 237 Å². The first kappa shape index (κ1) is 98.9. The van der Waals surface area contributed by atoms with E-state index in [1.165, 1.54) is 19.3 Å². The number of aliphatic hydroxyl groups excluding tert-OH is 1. The van der Waals surface area contributed by atoms with Crippen LogP contribution in [0.1, 0.15) is 310 Å². The number of hydrogen-bond acceptors (Lipinski definition) is 15. The number of phosphoric acid groups is 2. The van der Waals surface area contributed by atoms with Crippen LogP contribution in [0.15, 0.2) is 146 Å². The zero-order chi connectivity index (χ0) is 76.0. The minimum Gasteiger partial charge on any atom is -0.462 e. The summed E-state index contributed by atoms with van der Waals surface area (Å²) in [5.41, 5.74) is 0. The van der Waals surface area contributed by atoms with Crippen molar-refractivity contribution in [2.75, 3.05) is 39.6 Å². The second-order valence-corrected chi connectivity index (χ2v) is 29.1. The lowest BCUT2D eigenvalue weighted by molar-refractivity contribution is -0.161. The molecule has 0 rings (SSSR count). The van der Waals surface area contributed by atoms with Gasteiger partial charge in [0.15, 0.2) is 12.2 Å². The third kappa shape index (κ3) is 75.2. The average Bonchev–Trinajstić information content (AvgIpc) is 0.918. The Balaban J connectivity index is 5.41. The van der Waals surface area contributed by atoms with E-state index >= 15 is 0 Å². The lowest BCUT2D eigenvalue weighted by Gasteiger charge is -2.21. The summed E-state index contributed by atoms with van der Waals surface area (Å²) in [6.07, 6.45) is 86.7. The summed E-state index contributed by atoms with van der Waals surface area (Å²) in [6, 6.07) is 0. The molecule has 0 aliphatic carbocycles. The van der Waals surface area contributed by atoms with E-state index in [-0.39, 0.29) is 25.7 Å². The van der Waals surface area contributed by atoms with Crippen molar-refractivity contribution in [1.82, 2.24) is 0 Å². The Hall–Kier alpha value is -5.06. The summed E-state index contributed by atoms with van der Waals surface area (Å²) in [5.74, 6) is -2.24. The minimum absolute atomic E-state index is 0.0674. The number of ether oxygens (including phenoxy) is 4. The van der Waals surface area contributed by atoms with Gasteiger partial charge in [-0.25, -0.2) is 9.13 Å². The molecule has 0 saturated heterocycles. The van der Waals surface area contributed by atoms with Crippen molar-refractivity contribution in [2.24, 2.45) is 0 Å². The molecule has 19 heteroatoms. The Morgan fingerprint density at radius 2 is 0.500 bits per heavy atom. The van der Waals surface area contributed by atoms with Gasteiger partial charge in [0.1, 0.15) is 19.3 Å². The van der Waals surface area contributed by atoms with Gasteiger partial charge in [0.05, 0.1) is 26.4 Å². The highest BCUT2D eigenvalue weighted by atomic mass is 31.2. The first-order valence-corrected chi connectivity index (χ1v) is 43.1. The standard InChI is InChI=1S/C85H142O17P2/c1-5-9-13-17-21-25-29-33-37-38-39-40-44-46-50-54-58-62-66-70-83(88)96-76-81(102-85(90)72-68-64-60-56-52-48-43-36-32-28-24-20-16-12-8-4)78-100-104(93,94)98-74-79(86)73-97-103(91,92)99-77-80(101-84(89)71-67-63-59-55-51-47-42-35-31-27-23-19-15-11-7-3)75-95-82(87)69-65-61-57-53-49-45-41-34-30-26-22-18-14-10-6-2/h9-11,13-15,21-28,33-37,39-43,79-81,86H,5-8,12,16-20,29-32,38,44-78H2,1-4H3,(H,91,92)(H,93,94)/b13-9-,14-10-,15-11-,25-21-,26-22-,27-23-,28-24-,37-33-,40-39-,41-34-,42-35-,43-36-. The molecule has 104 heavy (non-hydrogen) atoms. The molecule has 594 valence electrons. The zero-order valence-electron chi connectivity index (χ0n) is 64.9. The van der Waals surface area contributed by atoms with Gasteiger partial charge in [0.2, 0.25) is 0 Å². The van der Waals surface area contributed by atoms with E-state index in [9.17, 15) is 43.2 Å². The van der Waals surface area contributed by atoms with Gasteiger partial charge in [-0.3, -0.25) is 37.3 Å². The molecular formula is C85H142O17P2. The first-order valence-electron chi connectivity index (χ1n) is 40.1. The normalized spacial score (nSPS) is 14.6. The molecule has 0 bridgehead atoms. The number of hydrogen-bond donors (Lipinski definition) is 3. The van der Waals surface area contributed by atoms with Crippen LogP contribution in [0.3, 0.4) is 0 Å². The number of esters is 4. The molecule has 0 spiro atoms. The van der Waals surface area contributed by atoms with Gasteiger partial charge in [0.25, 0.3) is 0 Å². The van der Waals surface area contributed by atoms with Crippen molar-refractivity contribution in [3.8, 4) is 0 Å². The van der Waals surface area contributed by atoms with Crippen LogP contribution in [0, 0.1) is 0 Å². The fraction of sp³-hybridized carbons (Fsp3) is 0.671. The van der Waals surface area contributed by atoms with Crippen molar-refractivity contribution >= 4 is 39.5 Å². The van der Waals surface area contributed by atoms with Gasteiger partial charge in [-0.2, -0.15) is 0 Å². The van der Waals surface area contributed by atoms with Crippen molar-refractivity contribution in [3.63, 3.8) is 0 Å². The zero-order valence-corrected chi connectivity index (χ0v) is 66.7. The highest BCUT2D eigenvalue weighted by molar-refractivity contribution is 7.47. The molecule has 0 saturated carbocycles. The molecule has 0 heterocycles. The van der Waals surface area contributed by atoms with E-state index in [4.69, 9.17) is 37.0 Å². The fourth-order valence-corrected chi connectivity index (χ4v) is 11.8. The predicted octanol–water partition coefficient (Wildman–Crippen LogP) is 23.4. The second-order valence-electron chi connectivity index (χ2n) is 26.2. The summed E-state index contributed by atoms with van der Waals surface area (Å²) >= 11 is 0.